The molecule has 2 atom stereocenters. The van der Waals surface area contributed by atoms with E-state index in [1.807, 2.05) is 25.3 Å². The molecule has 0 saturated heterocycles. The lowest BCUT2D eigenvalue weighted by Crippen LogP contribution is -2.29. The largest absolute Gasteiger partial charge is 0.508 e. The average molecular weight is 539 g/mol. The zero-order valence-electron chi connectivity index (χ0n) is 18.3. The van der Waals surface area contributed by atoms with Gasteiger partial charge in [-0.3, -0.25) is 15.3 Å². The number of hydrogen-bond donors (Lipinski definition) is 4. The van der Waals surface area contributed by atoms with Gasteiger partial charge in [-0.15, -0.1) is 11.8 Å². The number of allylic oxidation sites excluding steroid dienone is 1. The highest BCUT2D eigenvalue weighted by Crippen LogP contribution is 2.35. The predicted octanol–water partition coefficient (Wildman–Crippen LogP) is 5.41. The van der Waals surface area contributed by atoms with Crippen molar-refractivity contribution in [3.63, 3.8) is 0 Å². The van der Waals surface area contributed by atoms with Crippen LogP contribution in [0.4, 0.5) is 10.5 Å². The number of hydrogen-bond acceptors (Lipinski definition) is 7. The standard InChI is InChI=1S/C23H27BrN2O6S/c1-3-31-20(6-4-5-7-21(28)26-30)22(18-14-15(24)8-13-19(18)27)32-23(29)25-16-9-11-17(33-2)12-10-16/h5,7-14,20,22,27,30H,3-4,6H2,1-2H3,(H,25,29)(H,26,28)/b7-5+/t20-,22-/m0/s1. The second-order valence-electron chi connectivity index (χ2n) is 6.83. The first-order valence-corrected chi connectivity index (χ1v) is 12.2. The number of benzene rings is 2. The molecule has 33 heavy (non-hydrogen) atoms. The number of phenols is 1. The first-order valence-electron chi connectivity index (χ1n) is 10.2. The van der Waals surface area contributed by atoms with Gasteiger partial charge in [0.2, 0.25) is 0 Å². The molecule has 0 aliphatic rings. The molecule has 2 aromatic rings. The van der Waals surface area contributed by atoms with E-state index in [1.165, 1.54) is 17.6 Å². The summed E-state index contributed by atoms with van der Waals surface area (Å²) in [5.74, 6) is -0.688. The second-order valence-corrected chi connectivity index (χ2v) is 8.63. The lowest BCUT2D eigenvalue weighted by Gasteiger charge is -2.28. The fourth-order valence-corrected chi connectivity index (χ4v) is 3.84. The summed E-state index contributed by atoms with van der Waals surface area (Å²) in [4.78, 5) is 25.0. The minimum atomic E-state index is -0.923. The Hall–Kier alpha value is -2.53. The van der Waals surface area contributed by atoms with Gasteiger partial charge < -0.3 is 14.6 Å². The molecule has 0 aliphatic carbocycles. The van der Waals surface area contributed by atoms with Crippen molar-refractivity contribution in [2.75, 3.05) is 18.2 Å². The molecule has 0 saturated carbocycles. The van der Waals surface area contributed by atoms with Crippen LogP contribution < -0.4 is 10.8 Å². The smallest absolute Gasteiger partial charge is 0.412 e. The van der Waals surface area contributed by atoms with Crippen LogP contribution in [-0.2, 0) is 14.3 Å². The van der Waals surface area contributed by atoms with Gasteiger partial charge in [0.25, 0.3) is 5.91 Å². The van der Waals surface area contributed by atoms with Crippen molar-refractivity contribution in [1.29, 1.82) is 0 Å². The molecule has 178 valence electrons. The molecule has 0 bridgehead atoms. The van der Waals surface area contributed by atoms with Crippen LogP contribution in [-0.4, -0.2) is 41.3 Å². The third-order valence-electron chi connectivity index (χ3n) is 4.58. The van der Waals surface area contributed by atoms with Gasteiger partial charge in [0, 0.05) is 33.3 Å². The molecule has 0 heterocycles. The number of carbonyl (C=O) groups excluding carboxylic acids is 2. The summed E-state index contributed by atoms with van der Waals surface area (Å²) in [5.41, 5.74) is 2.48. The van der Waals surface area contributed by atoms with Gasteiger partial charge in [0.1, 0.15) is 5.75 Å². The van der Waals surface area contributed by atoms with Crippen LogP contribution in [0.2, 0.25) is 0 Å². The van der Waals surface area contributed by atoms with Crippen molar-refractivity contribution in [2.45, 2.75) is 36.9 Å². The molecule has 2 amide bonds. The number of thioether (sulfide) groups is 1. The van der Waals surface area contributed by atoms with Gasteiger partial charge in [0.05, 0.1) is 6.10 Å². The highest BCUT2D eigenvalue weighted by molar-refractivity contribution is 9.10. The van der Waals surface area contributed by atoms with Crippen LogP contribution in [0.25, 0.3) is 0 Å². The fourth-order valence-electron chi connectivity index (χ4n) is 3.05. The van der Waals surface area contributed by atoms with E-state index in [4.69, 9.17) is 14.7 Å². The van der Waals surface area contributed by atoms with Crippen molar-refractivity contribution in [1.82, 2.24) is 5.48 Å². The first-order chi connectivity index (χ1) is 15.9. The van der Waals surface area contributed by atoms with E-state index in [0.717, 1.165) is 4.90 Å². The summed E-state index contributed by atoms with van der Waals surface area (Å²) in [6, 6.07) is 12.2. The summed E-state index contributed by atoms with van der Waals surface area (Å²) in [5, 5.41) is 21.8. The van der Waals surface area contributed by atoms with E-state index in [2.05, 4.69) is 21.2 Å². The van der Waals surface area contributed by atoms with Gasteiger partial charge in [-0.25, -0.2) is 10.3 Å². The SMILES string of the molecule is CCO[C@@H](CC/C=C/C(=O)NO)[C@@H](OC(=O)Nc1ccc(SC)cc1)c1cc(Br)ccc1O. The lowest BCUT2D eigenvalue weighted by molar-refractivity contribution is -0.124. The molecule has 2 aromatic carbocycles. The molecule has 0 aliphatic heterocycles. The van der Waals surface area contributed by atoms with Gasteiger partial charge in [-0.2, -0.15) is 0 Å². The molecular formula is C23H27BrN2O6S. The Labute approximate surface area is 205 Å². The van der Waals surface area contributed by atoms with Crippen molar-refractivity contribution in [2.24, 2.45) is 0 Å². The van der Waals surface area contributed by atoms with E-state index >= 15 is 0 Å². The van der Waals surface area contributed by atoms with E-state index < -0.39 is 24.2 Å². The molecule has 2 rings (SSSR count). The first kappa shape index (κ1) is 26.7. The minimum absolute atomic E-state index is 0.0415. The summed E-state index contributed by atoms with van der Waals surface area (Å²) >= 11 is 4.98. The van der Waals surface area contributed by atoms with Crippen LogP contribution in [0.5, 0.6) is 5.75 Å². The van der Waals surface area contributed by atoms with Gasteiger partial charge >= 0.3 is 6.09 Å². The summed E-state index contributed by atoms with van der Waals surface area (Å²) in [6.45, 7) is 2.16. The lowest BCUT2D eigenvalue weighted by atomic mass is 9.99. The third kappa shape index (κ3) is 8.73. The number of ether oxygens (including phenoxy) is 2. The summed E-state index contributed by atoms with van der Waals surface area (Å²) in [7, 11) is 0. The molecule has 0 radical (unpaired) electrons. The maximum Gasteiger partial charge on any atom is 0.412 e. The zero-order valence-corrected chi connectivity index (χ0v) is 20.7. The monoisotopic (exact) mass is 538 g/mol. The highest BCUT2D eigenvalue weighted by Gasteiger charge is 2.30. The number of anilines is 1. The Bertz CT molecular complexity index is 954. The normalized spacial score (nSPS) is 12.8. The van der Waals surface area contributed by atoms with Crippen LogP contribution in [0.15, 0.2) is 64.0 Å². The molecule has 0 fully saturated rings. The maximum absolute atomic E-state index is 12.7. The van der Waals surface area contributed by atoms with Crippen LogP contribution in [0.1, 0.15) is 31.4 Å². The molecule has 0 spiro atoms. The van der Waals surface area contributed by atoms with Crippen molar-refractivity contribution in [3.8, 4) is 5.75 Å². The Morgan fingerprint density at radius 1 is 1.21 bits per heavy atom. The van der Waals surface area contributed by atoms with Crippen LogP contribution in [0, 0.1) is 0 Å². The number of halogens is 1. The Kier molecular flexibility index (Phi) is 11.2. The van der Waals surface area contributed by atoms with E-state index in [-0.39, 0.29) is 5.75 Å². The molecule has 0 aromatic heterocycles. The van der Waals surface area contributed by atoms with Gasteiger partial charge in [0.15, 0.2) is 6.10 Å². The number of nitrogens with one attached hydrogen (secondary N) is 2. The average Bonchev–Trinajstić information content (AvgIpc) is 2.81. The number of amides is 2. The Balaban J connectivity index is 2.24. The topological polar surface area (TPSA) is 117 Å². The van der Waals surface area contributed by atoms with Gasteiger partial charge in [-0.1, -0.05) is 22.0 Å². The second kappa shape index (κ2) is 13.9. The number of rotatable bonds is 11. The fraction of sp³-hybridized carbons (Fsp3) is 0.304. The van der Waals surface area contributed by atoms with Crippen LogP contribution in [0.3, 0.4) is 0 Å². The highest BCUT2D eigenvalue weighted by atomic mass is 79.9. The quantitative estimate of drug-likeness (QED) is 0.131. The number of carbonyl (C=O) groups is 2. The number of phenolic OH excluding ortho intramolecular Hbond substituents is 1. The van der Waals surface area contributed by atoms with E-state index in [1.54, 1.807) is 42.1 Å². The van der Waals surface area contributed by atoms with Crippen molar-refractivity contribution < 1.29 is 29.4 Å². The summed E-state index contributed by atoms with van der Waals surface area (Å²) < 4.78 is 12.3. The van der Waals surface area contributed by atoms with E-state index in [0.29, 0.717) is 35.2 Å². The summed E-state index contributed by atoms with van der Waals surface area (Å²) in [6.07, 6.45) is 3.29. The Morgan fingerprint density at radius 3 is 2.58 bits per heavy atom. The van der Waals surface area contributed by atoms with Crippen molar-refractivity contribution >= 4 is 45.4 Å². The third-order valence-corrected chi connectivity index (χ3v) is 5.82. The molecule has 10 heteroatoms. The zero-order chi connectivity index (χ0) is 24.2. The van der Waals surface area contributed by atoms with Crippen molar-refractivity contribution in [3.05, 3.63) is 64.7 Å². The molecule has 0 unspecified atom stereocenters. The molecular weight excluding hydrogens is 512 g/mol. The Morgan fingerprint density at radius 2 is 1.94 bits per heavy atom. The van der Waals surface area contributed by atoms with Gasteiger partial charge in [-0.05, 0) is 68.5 Å². The number of aromatic hydroxyl groups is 1. The van der Waals surface area contributed by atoms with E-state index in [9.17, 15) is 14.7 Å². The molecule has 8 nitrogen and oxygen atoms in total. The van der Waals surface area contributed by atoms with Crippen LogP contribution >= 0.6 is 27.7 Å². The predicted molar refractivity (Wildman–Crippen MR) is 131 cm³/mol. The minimum Gasteiger partial charge on any atom is -0.508 e. The molecule has 4 N–H and O–H groups in total. The number of hydroxylamine groups is 1. The maximum atomic E-state index is 12.7.